The van der Waals surface area contributed by atoms with Crippen LogP contribution >= 0.6 is 12.6 Å². The highest BCUT2D eigenvalue weighted by Crippen LogP contribution is 1.97. The second-order valence-corrected chi connectivity index (χ2v) is 4.56. The summed E-state index contributed by atoms with van der Waals surface area (Å²) in [4.78, 5) is 0. The molecule has 0 saturated heterocycles. The summed E-state index contributed by atoms with van der Waals surface area (Å²) in [5.74, 6) is 0.739. The van der Waals surface area contributed by atoms with E-state index in [2.05, 4.69) is 12.6 Å². The number of hydrogen-bond donors (Lipinski definition) is 4. The Kier molecular flexibility index (Phi) is 4.51. The second kappa shape index (κ2) is 4.29. The number of hydrogen-bond acceptors (Lipinski definition) is 4. The molecule has 0 aliphatic heterocycles. The first-order valence-corrected chi connectivity index (χ1v) is 5.18. The van der Waals surface area contributed by atoms with E-state index in [-0.39, 0.29) is 0 Å². The van der Waals surface area contributed by atoms with Crippen LogP contribution in [0.1, 0.15) is 6.42 Å². The zero-order valence-electron chi connectivity index (χ0n) is 5.12. The fraction of sp³-hybridized carbons (Fsp3) is 1.00. The molecule has 56 valence electrons. The van der Waals surface area contributed by atoms with Crippen LogP contribution in [0.4, 0.5) is 0 Å². The van der Waals surface area contributed by atoms with Crippen molar-refractivity contribution >= 4 is 22.1 Å². The van der Waals surface area contributed by atoms with Crippen LogP contribution in [0.5, 0.6) is 0 Å². The maximum Gasteiger partial charge on any atom is 0.241 e. The highest BCUT2D eigenvalue weighted by atomic mass is 32.1. The van der Waals surface area contributed by atoms with Gasteiger partial charge < -0.3 is 15.3 Å². The van der Waals surface area contributed by atoms with E-state index < -0.39 is 15.1 Å². The average Bonchev–Trinajstić information content (AvgIpc) is 1.63. The predicted octanol–water partition coefficient (Wildman–Crippen LogP) is -1.52. The molecule has 0 spiro atoms. The smallest absolute Gasteiger partial charge is 0.241 e. The molecule has 0 aromatic rings. The summed E-state index contributed by atoms with van der Waals surface area (Å²) in [6.45, 7) is 0. The first-order valence-electron chi connectivity index (χ1n) is 2.84. The van der Waals surface area contributed by atoms with Crippen molar-refractivity contribution < 1.29 is 15.3 Å². The lowest BCUT2D eigenvalue weighted by Gasteiger charge is -2.11. The molecule has 0 aliphatic rings. The highest BCUT2D eigenvalue weighted by molar-refractivity contribution is 7.80. The van der Waals surface area contributed by atoms with Gasteiger partial charge in [-0.3, -0.25) is 0 Å². The van der Waals surface area contributed by atoms with Gasteiger partial charge in [0.2, 0.25) is 5.60 Å². The van der Waals surface area contributed by atoms with Gasteiger partial charge in [-0.2, -0.15) is 12.6 Å². The van der Waals surface area contributed by atoms with E-state index in [9.17, 15) is 0 Å². The third kappa shape index (κ3) is 8.45. The summed E-state index contributed by atoms with van der Waals surface area (Å²) in [6.07, 6.45) is 0.846. The Bertz CT molecular complexity index is 72.7. The molecule has 0 bridgehead atoms. The van der Waals surface area contributed by atoms with E-state index in [4.69, 9.17) is 15.3 Å². The number of aliphatic hydroxyl groups is 3. The van der Waals surface area contributed by atoms with Crippen molar-refractivity contribution in [3.8, 4) is 0 Å². The van der Waals surface area contributed by atoms with Crippen LogP contribution in [0.3, 0.4) is 0 Å². The normalized spacial score (nSPS) is 13.3. The van der Waals surface area contributed by atoms with Crippen molar-refractivity contribution in [2.75, 3.05) is 5.75 Å². The molecule has 0 aliphatic carbocycles. The minimum absolute atomic E-state index is 0.715. The molecule has 0 amide bonds. The Morgan fingerprint density at radius 1 is 1.33 bits per heavy atom. The highest BCUT2D eigenvalue weighted by Gasteiger charge is 2.16. The SMILES string of the molecule is OC(O)(O)[SiH2]CCCS. The Morgan fingerprint density at radius 2 is 1.89 bits per heavy atom. The summed E-state index contributed by atoms with van der Waals surface area (Å²) in [6, 6.07) is 0.715. The fourth-order valence-electron chi connectivity index (χ4n) is 0.474. The molecule has 0 unspecified atom stereocenters. The lowest BCUT2D eigenvalue weighted by atomic mass is 10.6. The third-order valence-electron chi connectivity index (χ3n) is 0.920. The number of thiol groups is 1. The van der Waals surface area contributed by atoms with Gasteiger partial charge in [-0.25, -0.2) is 0 Å². The topological polar surface area (TPSA) is 60.7 Å². The van der Waals surface area contributed by atoms with E-state index in [1.54, 1.807) is 0 Å². The van der Waals surface area contributed by atoms with Gasteiger partial charge >= 0.3 is 0 Å². The third-order valence-corrected chi connectivity index (χ3v) is 2.76. The van der Waals surface area contributed by atoms with Crippen molar-refractivity contribution in [1.29, 1.82) is 0 Å². The molecule has 0 aromatic carbocycles. The Balaban J connectivity index is 3.07. The molecule has 3 N–H and O–H groups in total. The fourth-order valence-corrected chi connectivity index (χ4v) is 2.09. The van der Waals surface area contributed by atoms with E-state index in [0.717, 1.165) is 12.2 Å². The Labute approximate surface area is 61.9 Å². The van der Waals surface area contributed by atoms with Crippen LogP contribution in [0.25, 0.3) is 0 Å². The predicted molar refractivity (Wildman–Crippen MR) is 41.2 cm³/mol. The number of rotatable bonds is 4. The van der Waals surface area contributed by atoms with Gasteiger partial charge in [0.1, 0.15) is 9.52 Å². The van der Waals surface area contributed by atoms with Crippen LogP contribution < -0.4 is 0 Å². The van der Waals surface area contributed by atoms with Crippen LogP contribution in [0.15, 0.2) is 0 Å². The van der Waals surface area contributed by atoms with Crippen molar-refractivity contribution in [1.82, 2.24) is 0 Å². The molecular weight excluding hydrogens is 156 g/mol. The molecule has 0 radical (unpaired) electrons. The Hall–Kier alpha value is 0.447. The van der Waals surface area contributed by atoms with Crippen LogP contribution in [-0.2, 0) is 0 Å². The molecule has 3 nitrogen and oxygen atoms in total. The zero-order chi connectivity index (χ0) is 7.33. The summed E-state index contributed by atoms with van der Waals surface area (Å²) in [7, 11) is -1.14. The molecule has 5 heteroatoms. The lowest BCUT2D eigenvalue weighted by molar-refractivity contribution is -0.246. The minimum Gasteiger partial charge on any atom is -0.348 e. The van der Waals surface area contributed by atoms with Crippen LogP contribution in [0.2, 0.25) is 6.04 Å². The summed E-state index contributed by atoms with van der Waals surface area (Å²) < 4.78 is 0. The molecule has 0 rings (SSSR count). The minimum atomic E-state index is -2.34. The molecule has 0 aromatic heterocycles. The summed E-state index contributed by atoms with van der Waals surface area (Å²) in [5.41, 5.74) is -2.34. The zero-order valence-corrected chi connectivity index (χ0v) is 7.43. The maximum atomic E-state index is 8.39. The standard InChI is InChI=1S/C4H12O3SSi/c5-4(6,7)9-3-1-2-8/h5-8H,1-3,9H2. The molecule has 0 heterocycles. The maximum absolute atomic E-state index is 8.39. The van der Waals surface area contributed by atoms with Crippen molar-refractivity contribution in [3.05, 3.63) is 0 Å². The van der Waals surface area contributed by atoms with Crippen molar-refractivity contribution in [3.63, 3.8) is 0 Å². The van der Waals surface area contributed by atoms with Gasteiger partial charge in [-0.05, 0) is 12.2 Å². The molecule has 0 fully saturated rings. The largest absolute Gasteiger partial charge is 0.348 e. The quantitative estimate of drug-likeness (QED) is 0.178. The first kappa shape index (κ1) is 9.45. The van der Waals surface area contributed by atoms with E-state index >= 15 is 0 Å². The van der Waals surface area contributed by atoms with Crippen molar-refractivity contribution in [2.24, 2.45) is 0 Å². The molecular formula is C4H12O3SSi. The lowest BCUT2D eigenvalue weighted by Crippen LogP contribution is -2.34. The average molecular weight is 168 g/mol. The first-order chi connectivity index (χ1) is 4.06. The van der Waals surface area contributed by atoms with Crippen LogP contribution in [-0.4, -0.2) is 36.2 Å². The van der Waals surface area contributed by atoms with Gasteiger partial charge in [0.15, 0.2) is 0 Å². The Morgan fingerprint density at radius 3 is 2.22 bits per heavy atom. The monoisotopic (exact) mass is 168 g/mol. The van der Waals surface area contributed by atoms with E-state index in [1.165, 1.54) is 0 Å². The molecule has 9 heavy (non-hydrogen) atoms. The molecule has 0 saturated carbocycles. The van der Waals surface area contributed by atoms with Gasteiger partial charge in [0.25, 0.3) is 0 Å². The van der Waals surface area contributed by atoms with E-state index in [0.29, 0.717) is 6.04 Å². The van der Waals surface area contributed by atoms with Gasteiger partial charge in [-0.1, -0.05) is 6.04 Å². The summed E-state index contributed by atoms with van der Waals surface area (Å²) in [5, 5.41) is 25.2. The molecule has 0 atom stereocenters. The second-order valence-electron chi connectivity index (χ2n) is 1.96. The van der Waals surface area contributed by atoms with Crippen molar-refractivity contribution in [2.45, 2.75) is 18.1 Å². The van der Waals surface area contributed by atoms with Gasteiger partial charge in [-0.15, -0.1) is 0 Å². The van der Waals surface area contributed by atoms with E-state index in [1.807, 2.05) is 0 Å². The van der Waals surface area contributed by atoms with Crippen LogP contribution in [0, 0.1) is 0 Å². The van der Waals surface area contributed by atoms with Gasteiger partial charge in [0.05, 0.1) is 0 Å². The van der Waals surface area contributed by atoms with Gasteiger partial charge in [0, 0.05) is 0 Å². The summed E-state index contributed by atoms with van der Waals surface area (Å²) >= 11 is 3.93.